The van der Waals surface area contributed by atoms with Gasteiger partial charge in [0.05, 0.1) is 25.9 Å². The second-order valence-corrected chi connectivity index (χ2v) is 10.9. The fourth-order valence-corrected chi connectivity index (χ4v) is 5.47. The first-order valence-corrected chi connectivity index (χ1v) is 14.4. The molecule has 3 heteroatoms. The predicted molar refractivity (Wildman–Crippen MR) is 161 cm³/mol. The molecular formula is C36H37ClO2. The van der Waals surface area contributed by atoms with Crippen molar-refractivity contribution in [3.63, 3.8) is 0 Å². The zero-order valence-electron chi connectivity index (χ0n) is 22.7. The summed E-state index contributed by atoms with van der Waals surface area (Å²) in [6, 6.07) is 36.2. The molecule has 2 atom stereocenters. The average molecular weight is 537 g/mol. The quantitative estimate of drug-likeness (QED) is 0.178. The Morgan fingerprint density at radius 1 is 0.718 bits per heavy atom. The van der Waals surface area contributed by atoms with Gasteiger partial charge in [-0.1, -0.05) is 122 Å². The third-order valence-corrected chi connectivity index (χ3v) is 7.86. The minimum Gasteiger partial charge on any atom is -0.373 e. The van der Waals surface area contributed by atoms with Crippen LogP contribution >= 0.6 is 11.6 Å². The van der Waals surface area contributed by atoms with Crippen LogP contribution in [0.3, 0.4) is 0 Å². The van der Waals surface area contributed by atoms with E-state index in [1.165, 1.54) is 39.0 Å². The Hall–Kier alpha value is -3.17. The Morgan fingerprint density at radius 2 is 1.38 bits per heavy atom. The van der Waals surface area contributed by atoms with Crippen molar-refractivity contribution in [2.75, 3.05) is 6.61 Å². The maximum Gasteiger partial charge on any atom is 0.0721 e. The number of rotatable bonds is 11. The summed E-state index contributed by atoms with van der Waals surface area (Å²) in [7, 11) is 0. The van der Waals surface area contributed by atoms with Gasteiger partial charge in [0.2, 0.25) is 0 Å². The number of halogens is 1. The van der Waals surface area contributed by atoms with E-state index in [-0.39, 0.29) is 12.0 Å². The Morgan fingerprint density at radius 3 is 2.08 bits per heavy atom. The Kier molecular flexibility index (Phi) is 9.66. The zero-order valence-corrected chi connectivity index (χ0v) is 23.4. The first kappa shape index (κ1) is 27.4. The molecule has 200 valence electrons. The van der Waals surface area contributed by atoms with Gasteiger partial charge in [-0.3, -0.25) is 0 Å². The van der Waals surface area contributed by atoms with E-state index in [1.807, 2.05) is 12.1 Å². The van der Waals surface area contributed by atoms with E-state index in [0.717, 1.165) is 30.7 Å². The van der Waals surface area contributed by atoms with E-state index in [4.69, 9.17) is 21.1 Å². The van der Waals surface area contributed by atoms with Gasteiger partial charge in [0.1, 0.15) is 0 Å². The number of ether oxygens (including phenoxy) is 2. The molecule has 5 rings (SSSR count). The van der Waals surface area contributed by atoms with Gasteiger partial charge in [-0.15, -0.1) is 0 Å². The molecule has 39 heavy (non-hydrogen) atoms. The number of hydrogen-bond acceptors (Lipinski definition) is 2. The van der Waals surface area contributed by atoms with Crippen molar-refractivity contribution >= 4 is 11.6 Å². The van der Waals surface area contributed by atoms with Crippen LogP contribution in [0, 0.1) is 0 Å². The standard InChI is InChI=1S/C36H37ClO2/c1-2-27-13-15-28(16-14-27)19-34-22-32(17-18-36(34)37)33-20-31(25-38-24-29-9-5-3-6-10-29)21-35(23-33)39-26-30-11-7-4-8-12-30/h3-18,20,22,33,35H,2,19,21,23-26H2,1H3/t33?,35-/m0/s1. The molecule has 0 saturated carbocycles. The van der Waals surface area contributed by atoms with E-state index < -0.39 is 0 Å². The fraction of sp³-hybridized carbons (Fsp3) is 0.278. The summed E-state index contributed by atoms with van der Waals surface area (Å²) >= 11 is 6.69. The topological polar surface area (TPSA) is 18.5 Å². The molecule has 0 aliphatic heterocycles. The SMILES string of the molecule is CCc1ccc(Cc2cc(C3C=C(COCc4ccccc4)C[C@H](OCc4ccccc4)C3)ccc2Cl)cc1. The second-order valence-electron chi connectivity index (χ2n) is 10.5. The van der Waals surface area contributed by atoms with Crippen LogP contribution in [0.25, 0.3) is 0 Å². The molecular weight excluding hydrogens is 500 g/mol. The molecule has 0 spiro atoms. The lowest BCUT2D eigenvalue weighted by Crippen LogP contribution is -2.23. The lowest BCUT2D eigenvalue weighted by molar-refractivity contribution is 0.0252. The highest BCUT2D eigenvalue weighted by Crippen LogP contribution is 2.35. The number of allylic oxidation sites excluding steroid dienone is 1. The highest BCUT2D eigenvalue weighted by molar-refractivity contribution is 6.31. The molecule has 1 unspecified atom stereocenters. The second kappa shape index (κ2) is 13.8. The van der Waals surface area contributed by atoms with Crippen LogP contribution in [0.15, 0.2) is 115 Å². The number of benzene rings is 4. The molecule has 4 aromatic carbocycles. The third-order valence-electron chi connectivity index (χ3n) is 7.49. The summed E-state index contributed by atoms with van der Waals surface area (Å²) in [6.07, 6.45) is 6.25. The third kappa shape index (κ3) is 7.92. The van der Waals surface area contributed by atoms with E-state index in [9.17, 15) is 0 Å². The molecule has 4 aromatic rings. The summed E-state index contributed by atoms with van der Waals surface area (Å²) in [4.78, 5) is 0. The molecule has 0 radical (unpaired) electrons. The van der Waals surface area contributed by atoms with Gasteiger partial charge in [0, 0.05) is 10.9 Å². The van der Waals surface area contributed by atoms with Gasteiger partial charge in [0.15, 0.2) is 0 Å². The number of hydrogen-bond donors (Lipinski definition) is 0. The smallest absolute Gasteiger partial charge is 0.0721 e. The minimum absolute atomic E-state index is 0.135. The summed E-state index contributed by atoms with van der Waals surface area (Å²) in [6.45, 7) is 4.03. The first-order chi connectivity index (χ1) is 19.2. The van der Waals surface area contributed by atoms with Gasteiger partial charge >= 0.3 is 0 Å². The summed E-state index contributed by atoms with van der Waals surface area (Å²) in [5.41, 5.74) is 8.78. The minimum atomic E-state index is 0.135. The Bertz CT molecular complexity index is 1350. The summed E-state index contributed by atoms with van der Waals surface area (Å²) in [5, 5.41) is 0.821. The van der Waals surface area contributed by atoms with Crippen LogP contribution in [0.5, 0.6) is 0 Å². The van der Waals surface area contributed by atoms with Crippen LogP contribution in [-0.2, 0) is 35.5 Å². The van der Waals surface area contributed by atoms with E-state index in [0.29, 0.717) is 19.8 Å². The molecule has 0 heterocycles. The number of aryl methyl sites for hydroxylation is 1. The van der Waals surface area contributed by atoms with Crippen LogP contribution in [-0.4, -0.2) is 12.7 Å². The van der Waals surface area contributed by atoms with E-state index in [1.54, 1.807) is 0 Å². The largest absolute Gasteiger partial charge is 0.373 e. The van der Waals surface area contributed by atoms with Crippen molar-refractivity contribution in [2.24, 2.45) is 0 Å². The van der Waals surface area contributed by atoms with Crippen LogP contribution in [0.4, 0.5) is 0 Å². The van der Waals surface area contributed by atoms with Crippen LogP contribution in [0.2, 0.25) is 5.02 Å². The Balaban J connectivity index is 1.32. The molecule has 1 aliphatic rings. The molecule has 2 nitrogen and oxygen atoms in total. The van der Waals surface area contributed by atoms with E-state index >= 15 is 0 Å². The molecule has 1 aliphatic carbocycles. The van der Waals surface area contributed by atoms with Gasteiger partial charge < -0.3 is 9.47 Å². The normalized spacial score (nSPS) is 17.1. The highest BCUT2D eigenvalue weighted by atomic mass is 35.5. The monoisotopic (exact) mass is 536 g/mol. The van der Waals surface area contributed by atoms with Crippen molar-refractivity contribution in [1.82, 2.24) is 0 Å². The van der Waals surface area contributed by atoms with Gasteiger partial charge in [0.25, 0.3) is 0 Å². The lowest BCUT2D eigenvalue weighted by Gasteiger charge is -2.29. The van der Waals surface area contributed by atoms with Gasteiger partial charge in [-0.25, -0.2) is 0 Å². The molecule has 0 saturated heterocycles. The van der Waals surface area contributed by atoms with E-state index in [2.05, 4.69) is 104 Å². The van der Waals surface area contributed by atoms with Crippen molar-refractivity contribution < 1.29 is 9.47 Å². The maximum atomic E-state index is 6.69. The zero-order chi connectivity index (χ0) is 26.9. The average Bonchev–Trinajstić information content (AvgIpc) is 2.98. The van der Waals surface area contributed by atoms with Crippen molar-refractivity contribution in [3.05, 3.63) is 153 Å². The molecule has 0 amide bonds. The van der Waals surface area contributed by atoms with Crippen LogP contribution in [0.1, 0.15) is 59.1 Å². The molecule has 0 aromatic heterocycles. The Labute approximate surface area is 238 Å². The van der Waals surface area contributed by atoms with Crippen molar-refractivity contribution in [3.8, 4) is 0 Å². The highest BCUT2D eigenvalue weighted by Gasteiger charge is 2.25. The van der Waals surface area contributed by atoms with Gasteiger partial charge in [-0.05, 0) is 70.7 Å². The van der Waals surface area contributed by atoms with Crippen molar-refractivity contribution in [1.29, 1.82) is 0 Å². The first-order valence-electron chi connectivity index (χ1n) is 14.0. The predicted octanol–water partition coefficient (Wildman–Crippen LogP) is 9.10. The maximum absolute atomic E-state index is 6.69. The van der Waals surface area contributed by atoms with Crippen LogP contribution < -0.4 is 0 Å². The van der Waals surface area contributed by atoms with Gasteiger partial charge in [-0.2, -0.15) is 0 Å². The fourth-order valence-electron chi connectivity index (χ4n) is 5.28. The molecule has 0 fully saturated rings. The molecule has 0 bridgehead atoms. The lowest BCUT2D eigenvalue weighted by atomic mass is 9.83. The summed E-state index contributed by atoms with van der Waals surface area (Å²) in [5.74, 6) is 0.258. The van der Waals surface area contributed by atoms with Crippen molar-refractivity contribution in [2.45, 2.75) is 57.8 Å². The molecule has 0 N–H and O–H groups in total. The summed E-state index contributed by atoms with van der Waals surface area (Å²) < 4.78 is 12.6.